The van der Waals surface area contributed by atoms with E-state index in [-0.39, 0.29) is 5.91 Å². The molecule has 4 nitrogen and oxygen atoms in total. The van der Waals surface area contributed by atoms with E-state index in [2.05, 4.69) is 27.8 Å². The summed E-state index contributed by atoms with van der Waals surface area (Å²) in [5.41, 5.74) is 0.870. The number of rotatable bonds is 8. The summed E-state index contributed by atoms with van der Waals surface area (Å²) in [5, 5.41) is 2.70. The second kappa shape index (κ2) is 9.23. The summed E-state index contributed by atoms with van der Waals surface area (Å²) in [6.45, 7) is 9.02. The molecule has 0 radical (unpaired) electrons. The second-order valence-electron chi connectivity index (χ2n) is 4.14. The highest BCUT2D eigenvalue weighted by atomic mass is 79.9. The molecular formula is C16H20BrNO3. The number of benzene rings is 1. The van der Waals surface area contributed by atoms with Crippen molar-refractivity contribution >= 4 is 27.9 Å². The SMILES string of the molecule is C=C(Br)CNC(=O)/C=C/c1ccc(OCC)c(OCC)c1. The summed E-state index contributed by atoms with van der Waals surface area (Å²) in [7, 11) is 0. The summed E-state index contributed by atoms with van der Waals surface area (Å²) < 4.78 is 11.8. The largest absolute Gasteiger partial charge is 0.490 e. The van der Waals surface area contributed by atoms with E-state index in [1.807, 2.05) is 32.0 Å². The molecule has 0 fully saturated rings. The van der Waals surface area contributed by atoms with Crippen molar-refractivity contribution in [3.63, 3.8) is 0 Å². The molecule has 1 aromatic rings. The Balaban J connectivity index is 2.76. The van der Waals surface area contributed by atoms with Crippen LogP contribution in [0.5, 0.6) is 11.5 Å². The number of carbonyl (C=O) groups excluding carboxylic acids is 1. The summed E-state index contributed by atoms with van der Waals surface area (Å²) >= 11 is 3.18. The molecule has 21 heavy (non-hydrogen) atoms. The average molecular weight is 354 g/mol. The third-order valence-electron chi connectivity index (χ3n) is 2.45. The molecule has 1 aromatic carbocycles. The molecule has 0 spiro atoms. The van der Waals surface area contributed by atoms with Crippen LogP contribution in [0.25, 0.3) is 6.08 Å². The summed E-state index contributed by atoms with van der Waals surface area (Å²) in [5.74, 6) is 1.20. The molecule has 0 bridgehead atoms. The van der Waals surface area contributed by atoms with Gasteiger partial charge in [0.1, 0.15) is 0 Å². The lowest BCUT2D eigenvalue weighted by Crippen LogP contribution is -2.21. The van der Waals surface area contributed by atoms with Crippen molar-refractivity contribution in [2.75, 3.05) is 19.8 Å². The van der Waals surface area contributed by atoms with Crippen LogP contribution in [0.4, 0.5) is 0 Å². The van der Waals surface area contributed by atoms with E-state index in [0.717, 1.165) is 10.0 Å². The quantitative estimate of drug-likeness (QED) is 0.727. The Morgan fingerprint density at radius 1 is 1.29 bits per heavy atom. The van der Waals surface area contributed by atoms with Gasteiger partial charge in [-0.2, -0.15) is 0 Å². The van der Waals surface area contributed by atoms with Crippen LogP contribution in [0.1, 0.15) is 19.4 Å². The molecule has 0 unspecified atom stereocenters. The van der Waals surface area contributed by atoms with Gasteiger partial charge in [0.25, 0.3) is 0 Å². The van der Waals surface area contributed by atoms with Gasteiger partial charge in [0, 0.05) is 17.1 Å². The Morgan fingerprint density at radius 3 is 2.57 bits per heavy atom. The molecule has 5 heteroatoms. The maximum atomic E-state index is 11.6. The van der Waals surface area contributed by atoms with Crippen LogP contribution >= 0.6 is 15.9 Å². The van der Waals surface area contributed by atoms with Gasteiger partial charge in [-0.25, -0.2) is 0 Å². The van der Waals surface area contributed by atoms with E-state index in [0.29, 0.717) is 31.3 Å². The summed E-state index contributed by atoms with van der Waals surface area (Å²) in [4.78, 5) is 11.6. The molecule has 0 atom stereocenters. The third kappa shape index (κ3) is 6.49. The molecule has 0 aliphatic rings. The van der Waals surface area contributed by atoms with Gasteiger partial charge in [-0.3, -0.25) is 4.79 Å². The minimum Gasteiger partial charge on any atom is -0.490 e. The predicted molar refractivity (Wildman–Crippen MR) is 88.9 cm³/mol. The van der Waals surface area contributed by atoms with Gasteiger partial charge >= 0.3 is 0 Å². The number of hydrogen-bond acceptors (Lipinski definition) is 3. The van der Waals surface area contributed by atoms with Gasteiger partial charge in [-0.15, -0.1) is 0 Å². The lowest BCUT2D eigenvalue weighted by Gasteiger charge is -2.11. The molecule has 0 aliphatic heterocycles. The van der Waals surface area contributed by atoms with Crippen LogP contribution in [0.15, 0.2) is 35.3 Å². The normalized spacial score (nSPS) is 10.4. The van der Waals surface area contributed by atoms with Gasteiger partial charge in [0.2, 0.25) is 5.91 Å². The molecule has 0 aliphatic carbocycles. The van der Waals surface area contributed by atoms with Gasteiger partial charge in [0.05, 0.1) is 13.2 Å². The summed E-state index contributed by atoms with van der Waals surface area (Å²) in [6.07, 6.45) is 3.20. The Labute approximate surface area is 134 Å². The first-order chi connectivity index (χ1) is 10.1. The monoisotopic (exact) mass is 353 g/mol. The van der Waals surface area contributed by atoms with Crippen LogP contribution in [0, 0.1) is 0 Å². The fourth-order valence-electron chi connectivity index (χ4n) is 1.59. The van der Waals surface area contributed by atoms with E-state index in [1.54, 1.807) is 6.08 Å². The number of ether oxygens (including phenoxy) is 2. The topological polar surface area (TPSA) is 47.6 Å². The van der Waals surface area contributed by atoms with Crippen molar-refractivity contribution in [1.29, 1.82) is 0 Å². The van der Waals surface area contributed by atoms with Crippen LogP contribution in [0.2, 0.25) is 0 Å². The number of nitrogens with one attached hydrogen (secondary N) is 1. The molecule has 0 aromatic heterocycles. The standard InChI is InChI=1S/C16H20BrNO3/c1-4-20-14-8-6-13(10-15(14)21-5-2)7-9-16(19)18-11-12(3)17/h6-10H,3-5,11H2,1-2H3,(H,18,19)/b9-7+. The van der Waals surface area contributed by atoms with Crippen LogP contribution in [0.3, 0.4) is 0 Å². The zero-order valence-electron chi connectivity index (χ0n) is 12.3. The van der Waals surface area contributed by atoms with Gasteiger partial charge in [-0.1, -0.05) is 28.6 Å². The molecule has 0 saturated heterocycles. The fourth-order valence-corrected chi connectivity index (χ4v) is 1.73. The Kier molecular flexibility index (Phi) is 7.61. The summed E-state index contributed by atoms with van der Waals surface area (Å²) in [6, 6.07) is 5.56. The van der Waals surface area contributed by atoms with Crippen molar-refractivity contribution in [1.82, 2.24) is 5.32 Å². The van der Waals surface area contributed by atoms with Crippen molar-refractivity contribution in [3.05, 3.63) is 40.9 Å². The van der Waals surface area contributed by atoms with Crippen LogP contribution in [-0.4, -0.2) is 25.7 Å². The zero-order valence-corrected chi connectivity index (χ0v) is 13.9. The van der Waals surface area contributed by atoms with E-state index < -0.39 is 0 Å². The first-order valence-electron chi connectivity index (χ1n) is 6.75. The lowest BCUT2D eigenvalue weighted by molar-refractivity contribution is -0.116. The maximum absolute atomic E-state index is 11.6. The zero-order chi connectivity index (χ0) is 15.7. The number of carbonyl (C=O) groups is 1. The maximum Gasteiger partial charge on any atom is 0.244 e. The Morgan fingerprint density at radius 2 is 1.95 bits per heavy atom. The third-order valence-corrected chi connectivity index (χ3v) is 2.73. The highest BCUT2D eigenvalue weighted by Gasteiger charge is 2.05. The average Bonchev–Trinajstić information content (AvgIpc) is 2.45. The fraction of sp³-hybridized carbons (Fsp3) is 0.312. The highest BCUT2D eigenvalue weighted by Crippen LogP contribution is 2.28. The van der Waals surface area contributed by atoms with E-state index in [9.17, 15) is 4.79 Å². The van der Waals surface area contributed by atoms with Crippen molar-refractivity contribution in [2.24, 2.45) is 0 Å². The number of hydrogen-bond donors (Lipinski definition) is 1. The molecule has 1 rings (SSSR count). The number of halogens is 1. The minimum absolute atomic E-state index is 0.178. The van der Waals surface area contributed by atoms with Gasteiger partial charge < -0.3 is 14.8 Å². The molecule has 1 N–H and O–H groups in total. The van der Waals surface area contributed by atoms with Crippen molar-refractivity contribution in [3.8, 4) is 11.5 Å². The molecular weight excluding hydrogens is 334 g/mol. The van der Waals surface area contributed by atoms with E-state index >= 15 is 0 Å². The highest BCUT2D eigenvalue weighted by molar-refractivity contribution is 9.11. The molecule has 0 saturated carbocycles. The predicted octanol–water partition coefficient (Wildman–Crippen LogP) is 3.52. The molecule has 1 amide bonds. The minimum atomic E-state index is -0.178. The molecule has 0 heterocycles. The smallest absolute Gasteiger partial charge is 0.244 e. The van der Waals surface area contributed by atoms with E-state index in [4.69, 9.17) is 9.47 Å². The number of amides is 1. The van der Waals surface area contributed by atoms with Crippen LogP contribution < -0.4 is 14.8 Å². The van der Waals surface area contributed by atoms with E-state index in [1.165, 1.54) is 6.08 Å². The lowest BCUT2D eigenvalue weighted by atomic mass is 10.2. The van der Waals surface area contributed by atoms with Gasteiger partial charge in [0.15, 0.2) is 11.5 Å². The first-order valence-corrected chi connectivity index (χ1v) is 7.55. The second-order valence-corrected chi connectivity index (χ2v) is 5.26. The molecule has 114 valence electrons. The van der Waals surface area contributed by atoms with Crippen molar-refractivity contribution in [2.45, 2.75) is 13.8 Å². The van der Waals surface area contributed by atoms with Crippen molar-refractivity contribution < 1.29 is 14.3 Å². The Bertz CT molecular complexity index is 526. The van der Waals surface area contributed by atoms with Crippen LogP contribution in [-0.2, 0) is 4.79 Å². The first kappa shape index (κ1) is 17.3. The Hall–Kier alpha value is -1.75. The van der Waals surface area contributed by atoms with Gasteiger partial charge in [-0.05, 0) is 37.6 Å².